The highest BCUT2D eigenvalue weighted by Gasteiger charge is 2.06. The summed E-state index contributed by atoms with van der Waals surface area (Å²) in [6.07, 6.45) is 5.91. The van der Waals surface area contributed by atoms with Gasteiger partial charge in [-0.3, -0.25) is 4.79 Å². The molecule has 0 saturated carbocycles. The molecule has 0 aliphatic rings. The Kier molecular flexibility index (Phi) is 7.14. The number of benzene rings is 1. The molecule has 0 saturated heterocycles. The number of unbranched alkanes of at least 4 members (excludes halogenated alkanes) is 4. The summed E-state index contributed by atoms with van der Waals surface area (Å²) >= 11 is 11.7. The summed E-state index contributed by atoms with van der Waals surface area (Å²) in [6.45, 7) is 2.90. The lowest BCUT2D eigenvalue weighted by molar-refractivity contribution is 0.0953. The molecule has 0 aromatic heterocycles. The van der Waals surface area contributed by atoms with E-state index >= 15 is 0 Å². The van der Waals surface area contributed by atoms with Gasteiger partial charge in [0.2, 0.25) is 0 Å². The SMILES string of the molecule is CCCCCCCNC(=O)c1ccc(Cl)c(Cl)c1. The fourth-order valence-corrected chi connectivity index (χ4v) is 1.97. The van der Waals surface area contributed by atoms with Crippen LogP contribution >= 0.6 is 23.2 Å². The first kappa shape index (κ1) is 15.3. The van der Waals surface area contributed by atoms with Crippen molar-refractivity contribution in [1.29, 1.82) is 0 Å². The molecule has 1 N–H and O–H groups in total. The third-order valence-corrected chi connectivity index (χ3v) is 3.49. The van der Waals surface area contributed by atoms with Crippen molar-refractivity contribution < 1.29 is 4.79 Å². The topological polar surface area (TPSA) is 29.1 Å². The highest BCUT2D eigenvalue weighted by atomic mass is 35.5. The number of halogens is 2. The zero-order valence-electron chi connectivity index (χ0n) is 10.6. The highest BCUT2D eigenvalue weighted by molar-refractivity contribution is 6.42. The van der Waals surface area contributed by atoms with E-state index in [1.165, 1.54) is 19.3 Å². The van der Waals surface area contributed by atoms with Crippen LogP contribution in [-0.4, -0.2) is 12.5 Å². The van der Waals surface area contributed by atoms with Gasteiger partial charge in [-0.2, -0.15) is 0 Å². The maximum Gasteiger partial charge on any atom is 0.251 e. The first-order chi connectivity index (χ1) is 8.65. The van der Waals surface area contributed by atoms with E-state index in [9.17, 15) is 4.79 Å². The minimum atomic E-state index is -0.0935. The van der Waals surface area contributed by atoms with E-state index in [1.807, 2.05) is 0 Å². The first-order valence-corrected chi connectivity index (χ1v) is 7.14. The molecule has 0 atom stereocenters. The average Bonchev–Trinajstić information content (AvgIpc) is 2.36. The lowest BCUT2D eigenvalue weighted by atomic mass is 10.1. The van der Waals surface area contributed by atoms with Gasteiger partial charge < -0.3 is 5.32 Å². The first-order valence-electron chi connectivity index (χ1n) is 6.38. The lowest BCUT2D eigenvalue weighted by Gasteiger charge is -2.06. The van der Waals surface area contributed by atoms with E-state index in [1.54, 1.807) is 18.2 Å². The quantitative estimate of drug-likeness (QED) is 0.724. The monoisotopic (exact) mass is 287 g/mol. The highest BCUT2D eigenvalue weighted by Crippen LogP contribution is 2.22. The molecule has 0 fully saturated rings. The maximum absolute atomic E-state index is 11.8. The summed E-state index contributed by atoms with van der Waals surface area (Å²) in [6, 6.07) is 4.91. The van der Waals surface area contributed by atoms with Crippen LogP contribution < -0.4 is 5.32 Å². The van der Waals surface area contributed by atoms with Crippen LogP contribution in [0.4, 0.5) is 0 Å². The Balaban J connectivity index is 2.30. The van der Waals surface area contributed by atoms with E-state index in [4.69, 9.17) is 23.2 Å². The molecular formula is C14H19Cl2NO. The number of rotatable bonds is 7. The number of amides is 1. The molecule has 0 aliphatic carbocycles. The van der Waals surface area contributed by atoms with Crippen molar-refractivity contribution in [3.63, 3.8) is 0 Å². The Morgan fingerprint density at radius 1 is 1.11 bits per heavy atom. The number of nitrogens with one attached hydrogen (secondary N) is 1. The van der Waals surface area contributed by atoms with Gasteiger partial charge in [0.05, 0.1) is 10.0 Å². The van der Waals surface area contributed by atoms with E-state index in [-0.39, 0.29) is 5.91 Å². The summed E-state index contributed by atoms with van der Waals surface area (Å²) < 4.78 is 0. The van der Waals surface area contributed by atoms with Gasteiger partial charge in [-0.1, -0.05) is 55.8 Å². The van der Waals surface area contributed by atoms with Crippen molar-refractivity contribution in [3.05, 3.63) is 33.8 Å². The molecule has 1 amide bonds. The largest absolute Gasteiger partial charge is 0.352 e. The molecule has 0 spiro atoms. The second-order valence-electron chi connectivity index (χ2n) is 4.30. The fourth-order valence-electron chi connectivity index (χ4n) is 1.67. The Bertz CT molecular complexity index is 393. The fraction of sp³-hybridized carbons (Fsp3) is 0.500. The summed E-state index contributed by atoms with van der Waals surface area (Å²) in [5, 5.41) is 3.76. The molecule has 4 heteroatoms. The Morgan fingerprint density at radius 3 is 2.50 bits per heavy atom. The average molecular weight is 288 g/mol. The zero-order chi connectivity index (χ0) is 13.4. The predicted molar refractivity (Wildman–Crippen MR) is 77.6 cm³/mol. The number of carbonyl (C=O) groups excluding carboxylic acids is 1. The van der Waals surface area contributed by atoms with E-state index in [2.05, 4.69) is 12.2 Å². The van der Waals surface area contributed by atoms with Crippen molar-refractivity contribution in [3.8, 4) is 0 Å². The van der Waals surface area contributed by atoms with Crippen LogP contribution in [0.2, 0.25) is 10.0 Å². The molecule has 2 nitrogen and oxygen atoms in total. The van der Waals surface area contributed by atoms with Gasteiger partial charge in [-0.15, -0.1) is 0 Å². The molecule has 0 bridgehead atoms. The Morgan fingerprint density at radius 2 is 1.83 bits per heavy atom. The number of carbonyl (C=O) groups is 1. The number of hydrogen-bond acceptors (Lipinski definition) is 1. The smallest absolute Gasteiger partial charge is 0.251 e. The van der Waals surface area contributed by atoms with Gasteiger partial charge in [0, 0.05) is 12.1 Å². The molecule has 1 aromatic rings. The van der Waals surface area contributed by atoms with Gasteiger partial charge in [-0.05, 0) is 24.6 Å². The van der Waals surface area contributed by atoms with Gasteiger partial charge >= 0.3 is 0 Å². The molecule has 0 aliphatic heterocycles. The van der Waals surface area contributed by atoms with Gasteiger partial charge in [0.15, 0.2) is 0 Å². The second-order valence-corrected chi connectivity index (χ2v) is 5.11. The summed E-state index contributed by atoms with van der Waals surface area (Å²) in [4.78, 5) is 11.8. The van der Waals surface area contributed by atoms with Crippen LogP contribution in [0.25, 0.3) is 0 Å². The maximum atomic E-state index is 11.8. The normalized spacial score (nSPS) is 10.4. The van der Waals surface area contributed by atoms with Crippen molar-refractivity contribution in [2.75, 3.05) is 6.54 Å². The van der Waals surface area contributed by atoms with Crippen LogP contribution in [0.5, 0.6) is 0 Å². The molecular weight excluding hydrogens is 269 g/mol. The minimum Gasteiger partial charge on any atom is -0.352 e. The minimum absolute atomic E-state index is 0.0935. The molecule has 1 rings (SSSR count). The van der Waals surface area contributed by atoms with Crippen molar-refractivity contribution >= 4 is 29.1 Å². The Hall–Kier alpha value is -0.730. The van der Waals surface area contributed by atoms with Crippen LogP contribution in [0.1, 0.15) is 49.4 Å². The number of hydrogen-bond donors (Lipinski definition) is 1. The van der Waals surface area contributed by atoms with Crippen LogP contribution in [0.15, 0.2) is 18.2 Å². The molecule has 0 unspecified atom stereocenters. The van der Waals surface area contributed by atoms with E-state index in [0.717, 1.165) is 12.8 Å². The summed E-state index contributed by atoms with van der Waals surface area (Å²) in [7, 11) is 0. The summed E-state index contributed by atoms with van der Waals surface area (Å²) in [5.74, 6) is -0.0935. The molecule has 1 aromatic carbocycles. The van der Waals surface area contributed by atoms with Crippen molar-refractivity contribution in [1.82, 2.24) is 5.32 Å². The molecule has 18 heavy (non-hydrogen) atoms. The van der Waals surface area contributed by atoms with Gasteiger partial charge in [-0.25, -0.2) is 0 Å². The van der Waals surface area contributed by atoms with Crippen LogP contribution in [0, 0.1) is 0 Å². The standard InChI is InChI=1S/C14H19Cl2NO/c1-2-3-4-5-6-9-17-14(18)11-7-8-12(15)13(16)10-11/h7-8,10H,2-6,9H2,1H3,(H,17,18). The predicted octanol–water partition coefficient (Wildman–Crippen LogP) is 4.69. The molecule has 100 valence electrons. The van der Waals surface area contributed by atoms with Crippen LogP contribution in [-0.2, 0) is 0 Å². The van der Waals surface area contributed by atoms with Gasteiger partial charge in [0.25, 0.3) is 5.91 Å². The molecule has 0 heterocycles. The molecule has 0 radical (unpaired) electrons. The van der Waals surface area contributed by atoms with Crippen molar-refractivity contribution in [2.24, 2.45) is 0 Å². The third kappa shape index (κ3) is 5.28. The van der Waals surface area contributed by atoms with Crippen LogP contribution in [0.3, 0.4) is 0 Å². The Labute approximate surface area is 119 Å². The van der Waals surface area contributed by atoms with Crippen molar-refractivity contribution in [2.45, 2.75) is 39.0 Å². The zero-order valence-corrected chi connectivity index (χ0v) is 12.2. The van der Waals surface area contributed by atoms with E-state index in [0.29, 0.717) is 22.2 Å². The summed E-state index contributed by atoms with van der Waals surface area (Å²) in [5.41, 5.74) is 0.554. The lowest BCUT2D eigenvalue weighted by Crippen LogP contribution is -2.24. The van der Waals surface area contributed by atoms with Gasteiger partial charge in [0.1, 0.15) is 0 Å². The third-order valence-electron chi connectivity index (χ3n) is 2.75. The second kappa shape index (κ2) is 8.39. The van der Waals surface area contributed by atoms with E-state index < -0.39 is 0 Å².